The van der Waals surface area contributed by atoms with Crippen molar-refractivity contribution in [2.24, 2.45) is 4.99 Å². The van der Waals surface area contributed by atoms with E-state index in [4.69, 9.17) is 16.3 Å². The van der Waals surface area contributed by atoms with Gasteiger partial charge in [-0.2, -0.15) is 0 Å². The van der Waals surface area contributed by atoms with E-state index in [2.05, 4.69) is 31.0 Å². The molecule has 0 radical (unpaired) electrons. The number of halogens is 1. The van der Waals surface area contributed by atoms with Crippen molar-refractivity contribution in [2.45, 2.75) is 13.8 Å². The minimum Gasteiger partial charge on any atom is -0.496 e. The summed E-state index contributed by atoms with van der Waals surface area (Å²) >= 11 is 5.98. The van der Waals surface area contributed by atoms with Crippen molar-refractivity contribution < 1.29 is 4.74 Å². The van der Waals surface area contributed by atoms with Crippen molar-refractivity contribution in [3.8, 4) is 5.75 Å². The minimum absolute atomic E-state index is 0.669. The third kappa shape index (κ3) is 3.36. The first kappa shape index (κ1) is 13.6. The molecule has 2 rings (SSSR count). The quantitative estimate of drug-likeness (QED) is 0.742. The van der Waals surface area contributed by atoms with E-state index in [1.54, 1.807) is 19.4 Å². The molecular weight excluding hydrogens is 258 g/mol. The second kappa shape index (κ2) is 5.89. The number of rotatable bonds is 3. The Morgan fingerprint density at radius 3 is 2.53 bits per heavy atom. The van der Waals surface area contributed by atoms with E-state index in [1.165, 1.54) is 11.1 Å². The van der Waals surface area contributed by atoms with Crippen molar-refractivity contribution >= 4 is 23.5 Å². The van der Waals surface area contributed by atoms with Gasteiger partial charge in [0.15, 0.2) is 0 Å². The lowest BCUT2D eigenvalue weighted by atomic mass is 10.1. The maximum Gasteiger partial charge on any atom is 0.127 e. The zero-order valence-corrected chi connectivity index (χ0v) is 12.0. The first-order chi connectivity index (χ1) is 9.10. The van der Waals surface area contributed by atoms with Crippen LogP contribution >= 0.6 is 11.6 Å². The molecule has 0 spiro atoms. The highest BCUT2D eigenvalue weighted by molar-refractivity contribution is 6.30. The molecule has 98 valence electrons. The monoisotopic (exact) mass is 273 g/mol. The summed E-state index contributed by atoms with van der Waals surface area (Å²) in [6.45, 7) is 4.16. The van der Waals surface area contributed by atoms with Gasteiger partial charge in [-0.1, -0.05) is 17.7 Å². The van der Waals surface area contributed by atoms with Crippen LogP contribution in [0, 0.1) is 13.8 Å². The molecule has 0 unspecified atom stereocenters. The van der Waals surface area contributed by atoms with Gasteiger partial charge in [-0.25, -0.2) is 0 Å². The van der Waals surface area contributed by atoms with E-state index < -0.39 is 0 Å². The minimum atomic E-state index is 0.669. The van der Waals surface area contributed by atoms with E-state index in [-0.39, 0.29) is 0 Å². The fraction of sp³-hybridized carbons (Fsp3) is 0.188. The molecule has 0 bridgehead atoms. The van der Waals surface area contributed by atoms with Crippen molar-refractivity contribution in [1.82, 2.24) is 0 Å². The number of methoxy groups -OCH3 is 1. The lowest BCUT2D eigenvalue weighted by molar-refractivity contribution is 0.414. The van der Waals surface area contributed by atoms with Crippen LogP contribution in [0.15, 0.2) is 41.4 Å². The Kier molecular flexibility index (Phi) is 4.23. The number of aliphatic imine (C=N–C) groups is 1. The molecule has 0 aliphatic heterocycles. The van der Waals surface area contributed by atoms with Crippen molar-refractivity contribution in [3.63, 3.8) is 0 Å². The Balaban J connectivity index is 2.31. The standard InChI is InChI=1S/C16H16ClNO/c1-11-4-6-15(8-12(11)2)18-10-13-9-14(17)5-7-16(13)19-3/h4-10H,1-3H3. The fourth-order valence-corrected chi connectivity index (χ4v) is 1.94. The van der Waals surface area contributed by atoms with Gasteiger partial charge in [0.05, 0.1) is 12.8 Å². The van der Waals surface area contributed by atoms with Gasteiger partial charge in [0.2, 0.25) is 0 Å². The summed E-state index contributed by atoms with van der Waals surface area (Å²) in [5.74, 6) is 0.761. The zero-order chi connectivity index (χ0) is 13.8. The van der Waals surface area contributed by atoms with Crippen LogP contribution in [-0.4, -0.2) is 13.3 Å². The smallest absolute Gasteiger partial charge is 0.127 e. The lowest BCUT2D eigenvalue weighted by Crippen LogP contribution is -1.90. The van der Waals surface area contributed by atoms with Gasteiger partial charge in [0.1, 0.15) is 5.75 Å². The Labute approximate surface area is 118 Å². The molecule has 2 nitrogen and oxygen atoms in total. The summed E-state index contributed by atoms with van der Waals surface area (Å²) in [7, 11) is 1.64. The molecule has 0 saturated heterocycles. The summed E-state index contributed by atoms with van der Waals surface area (Å²) in [4.78, 5) is 4.46. The number of nitrogens with zero attached hydrogens (tertiary/aromatic N) is 1. The molecule has 0 aliphatic carbocycles. The van der Waals surface area contributed by atoms with Crippen LogP contribution in [0.25, 0.3) is 0 Å². The number of ether oxygens (including phenoxy) is 1. The van der Waals surface area contributed by atoms with Crippen molar-refractivity contribution in [1.29, 1.82) is 0 Å². The number of hydrogen-bond acceptors (Lipinski definition) is 2. The highest BCUT2D eigenvalue weighted by Crippen LogP contribution is 2.22. The number of benzene rings is 2. The third-order valence-electron chi connectivity index (χ3n) is 3.03. The summed E-state index contributed by atoms with van der Waals surface area (Å²) < 4.78 is 5.28. The van der Waals surface area contributed by atoms with Gasteiger partial charge in [-0.15, -0.1) is 0 Å². The third-order valence-corrected chi connectivity index (χ3v) is 3.27. The van der Waals surface area contributed by atoms with Crippen LogP contribution < -0.4 is 4.74 Å². The average molecular weight is 274 g/mol. The second-order valence-corrected chi connectivity index (χ2v) is 4.85. The summed E-state index contributed by atoms with van der Waals surface area (Å²) in [5.41, 5.74) is 4.28. The molecule has 0 heterocycles. The van der Waals surface area contributed by atoms with Crippen LogP contribution in [0.1, 0.15) is 16.7 Å². The second-order valence-electron chi connectivity index (χ2n) is 4.41. The predicted octanol–water partition coefficient (Wildman–Crippen LogP) is 4.72. The van der Waals surface area contributed by atoms with Gasteiger partial charge < -0.3 is 4.74 Å². The normalized spacial score (nSPS) is 10.9. The van der Waals surface area contributed by atoms with Crippen LogP contribution in [0.2, 0.25) is 5.02 Å². The molecule has 0 fully saturated rings. The summed E-state index contributed by atoms with van der Waals surface area (Å²) in [6, 6.07) is 11.6. The SMILES string of the molecule is COc1ccc(Cl)cc1C=Nc1ccc(C)c(C)c1. The van der Waals surface area contributed by atoms with E-state index in [9.17, 15) is 0 Å². The van der Waals surface area contributed by atoms with Crippen LogP contribution in [-0.2, 0) is 0 Å². The molecule has 3 heteroatoms. The number of aryl methyl sites for hydroxylation is 2. The maximum absolute atomic E-state index is 5.98. The van der Waals surface area contributed by atoms with Gasteiger partial charge >= 0.3 is 0 Å². The van der Waals surface area contributed by atoms with E-state index in [1.807, 2.05) is 18.2 Å². The number of hydrogen-bond donors (Lipinski definition) is 0. The fourth-order valence-electron chi connectivity index (χ4n) is 1.76. The van der Waals surface area contributed by atoms with Gasteiger partial charge in [0, 0.05) is 16.8 Å². The van der Waals surface area contributed by atoms with Crippen molar-refractivity contribution in [2.75, 3.05) is 7.11 Å². The molecule has 0 aromatic heterocycles. The van der Waals surface area contributed by atoms with Crippen LogP contribution in [0.3, 0.4) is 0 Å². The van der Waals surface area contributed by atoms with Gasteiger partial charge in [-0.05, 0) is 55.3 Å². The Morgan fingerprint density at radius 1 is 1.05 bits per heavy atom. The molecule has 2 aromatic carbocycles. The Bertz CT molecular complexity index is 620. The summed E-state index contributed by atoms with van der Waals surface area (Å²) in [5, 5.41) is 0.669. The highest BCUT2D eigenvalue weighted by atomic mass is 35.5. The van der Waals surface area contributed by atoms with E-state index >= 15 is 0 Å². The van der Waals surface area contributed by atoms with Gasteiger partial charge in [0.25, 0.3) is 0 Å². The topological polar surface area (TPSA) is 21.6 Å². The van der Waals surface area contributed by atoms with Crippen LogP contribution in [0.4, 0.5) is 5.69 Å². The lowest BCUT2D eigenvalue weighted by Gasteiger charge is -2.05. The average Bonchev–Trinajstić information content (AvgIpc) is 2.40. The van der Waals surface area contributed by atoms with E-state index in [0.29, 0.717) is 5.02 Å². The Hall–Kier alpha value is -1.80. The van der Waals surface area contributed by atoms with Crippen LogP contribution in [0.5, 0.6) is 5.75 Å². The molecular formula is C16H16ClNO. The zero-order valence-electron chi connectivity index (χ0n) is 11.3. The molecule has 0 atom stereocenters. The summed E-state index contributed by atoms with van der Waals surface area (Å²) in [6.07, 6.45) is 1.77. The van der Waals surface area contributed by atoms with Crippen molar-refractivity contribution in [3.05, 3.63) is 58.1 Å². The molecule has 0 amide bonds. The Morgan fingerprint density at radius 2 is 1.84 bits per heavy atom. The molecule has 19 heavy (non-hydrogen) atoms. The predicted molar refractivity (Wildman–Crippen MR) is 81.2 cm³/mol. The van der Waals surface area contributed by atoms with Gasteiger partial charge in [-0.3, -0.25) is 4.99 Å². The maximum atomic E-state index is 5.98. The highest BCUT2D eigenvalue weighted by Gasteiger charge is 2.01. The first-order valence-electron chi connectivity index (χ1n) is 6.05. The first-order valence-corrected chi connectivity index (χ1v) is 6.43. The van der Waals surface area contributed by atoms with E-state index in [0.717, 1.165) is 17.0 Å². The molecule has 0 saturated carbocycles. The molecule has 0 N–H and O–H groups in total. The largest absolute Gasteiger partial charge is 0.496 e. The molecule has 2 aromatic rings. The molecule has 0 aliphatic rings.